The van der Waals surface area contributed by atoms with Crippen molar-refractivity contribution in [2.24, 2.45) is 0 Å². The molecule has 0 saturated carbocycles. The third-order valence-corrected chi connectivity index (χ3v) is 5.09. The summed E-state index contributed by atoms with van der Waals surface area (Å²) in [5, 5.41) is 4.34. The van der Waals surface area contributed by atoms with Crippen LogP contribution in [0.4, 0.5) is 0 Å². The molecule has 3 heterocycles. The smallest absolute Gasteiger partial charge is 0.291 e. The van der Waals surface area contributed by atoms with Gasteiger partial charge in [0.2, 0.25) is 5.91 Å². The Balaban J connectivity index is 1.56. The van der Waals surface area contributed by atoms with Crippen molar-refractivity contribution in [2.45, 2.75) is 26.3 Å². The molecule has 0 radical (unpaired) electrons. The van der Waals surface area contributed by atoms with Crippen LogP contribution < -0.4 is 5.56 Å². The predicted octanol–water partition coefficient (Wildman–Crippen LogP) is 2.81. The zero-order valence-corrected chi connectivity index (χ0v) is 16.1. The van der Waals surface area contributed by atoms with Crippen LogP contribution in [0, 0.1) is 6.92 Å². The highest BCUT2D eigenvalue weighted by atomic mass is 16.3. The molecular weight excluding hydrogens is 356 g/mol. The Hall–Kier alpha value is -3.35. The summed E-state index contributed by atoms with van der Waals surface area (Å²) in [5.74, 6) is 0.664. The number of aryl methyl sites for hydroxylation is 1. The van der Waals surface area contributed by atoms with E-state index in [1.54, 1.807) is 41.7 Å². The first-order chi connectivity index (χ1) is 13.5. The molecule has 144 valence electrons. The zero-order chi connectivity index (χ0) is 19.8. The summed E-state index contributed by atoms with van der Waals surface area (Å²) in [6, 6.07) is 13.5. The van der Waals surface area contributed by atoms with E-state index in [1.807, 2.05) is 18.2 Å². The number of carbonyl (C=O) groups excluding carboxylic acids is 1. The standard InChI is InChI=1S/C21H22N4O3/c1-14(16-7-5-4-6-8-16)12-23(3)20(26)13-24-21(27)18-11-19-17(9-10-28-19)25(18)15(2)22-24/h4-11,14H,12-13H2,1-3H3/t14-/m1/s1. The van der Waals surface area contributed by atoms with Crippen LogP contribution in [0.3, 0.4) is 0 Å². The summed E-state index contributed by atoms with van der Waals surface area (Å²) in [4.78, 5) is 27.2. The number of rotatable bonds is 5. The average molecular weight is 378 g/mol. The quantitative estimate of drug-likeness (QED) is 0.535. The third-order valence-electron chi connectivity index (χ3n) is 5.09. The molecule has 0 aliphatic carbocycles. The van der Waals surface area contributed by atoms with Gasteiger partial charge < -0.3 is 9.32 Å². The van der Waals surface area contributed by atoms with E-state index in [1.165, 1.54) is 10.2 Å². The van der Waals surface area contributed by atoms with Gasteiger partial charge in [0.25, 0.3) is 5.56 Å². The first-order valence-electron chi connectivity index (χ1n) is 9.21. The number of benzene rings is 1. The molecule has 0 saturated heterocycles. The molecule has 3 aromatic heterocycles. The van der Waals surface area contributed by atoms with Crippen molar-refractivity contribution in [1.29, 1.82) is 0 Å². The van der Waals surface area contributed by atoms with Gasteiger partial charge >= 0.3 is 0 Å². The molecular formula is C21H22N4O3. The van der Waals surface area contributed by atoms with Gasteiger partial charge in [0, 0.05) is 25.7 Å². The normalized spacial score (nSPS) is 12.5. The summed E-state index contributed by atoms with van der Waals surface area (Å²) in [5.41, 5.74) is 2.74. The predicted molar refractivity (Wildman–Crippen MR) is 106 cm³/mol. The molecule has 4 rings (SSSR count). The van der Waals surface area contributed by atoms with E-state index in [4.69, 9.17) is 4.42 Å². The maximum Gasteiger partial charge on any atom is 0.291 e. The Morgan fingerprint density at radius 2 is 1.96 bits per heavy atom. The molecule has 0 aliphatic rings. The van der Waals surface area contributed by atoms with E-state index < -0.39 is 0 Å². The molecule has 0 unspecified atom stereocenters. The summed E-state index contributed by atoms with van der Waals surface area (Å²) in [6.45, 7) is 4.36. The van der Waals surface area contributed by atoms with Gasteiger partial charge in [0.05, 0.1) is 11.8 Å². The molecule has 0 fully saturated rings. The number of fused-ring (bicyclic) bond motifs is 3. The molecule has 1 aromatic carbocycles. The van der Waals surface area contributed by atoms with Crippen molar-refractivity contribution in [3.63, 3.8) is 0 Å². The monoisotopic (exact) mass is 378 g/mol. The van der Waals surface area contributed by atoms with Crippen LogP contribution in [-0.4, -0.2) is 38.6 Å². The number of furan rings is 1. The van der Waals surface area contributed by atoms with Crippen LogP contribution in [0.25, 0.3) is 16.6 Å². The first-order valence-corrected chi connectivity index (χ1v) is 9.21. The van der Waals surface area contributed by atoms with Gasteiger partial charge in [-0.25, -0.2) is 4.68 Å². The molecule has 1 amide bonds. The number of carbonyl (C=O) groups is 1. The van der Waals surface area contributed by atoms with Crippen molar-refractivity contribution in [2.75, 3.05) is 13.6 Å². The molecule has 1 atom stereocenters. The number of likely N-dealkylation sites (N-methyl/N-ethyl adjacent to an activating group) is 1. The second-order valence-corrected chi connectivity index (χ2v) is 7.13. The van der Waals surface area contributed by atoms with Crippen LogP contribution in [0.5, 0.6) is 0 Å². The van der Waals surface area contributed by atoms with Crippen LogP contribution in [0.2, 0.25) is 0 Å². The van der Waals surface area contributed by atoms with Crippen LogP contribution in [0.1, 0.15) is 24.2 Å². The SMILES string of the molecule is Cc1nn(CC(=O)N(C)C[C@@H](C)c2ccccc2)c(=O)c2cc3occc3n12. The van der Waals surface area contributed by atoms with E-state index in [-0.39, 0.29) is 23.9 Å². The highest BCUT2D eigenvalue weighted by Crippen LogP contribution is 2.20. The van der Waals surface area contributed by atoms with Gasteiger partial charge in [-0.3, -0.25) is 14.0 Å². The lowest BCUT2D eigenvalue weighted by atomic mass is 10.0. The third kappa shape index (κ3) is 3.09. The van der Waals surface area contributed by atoms with E-state index in [9.17, 15) is 9.59 Å². The number of hydrogen-bond acceptors (Lipinski definition) is 4. The minimum atomic E-state index is -0.310. The van der Waals surface area contributed by atoms with Crippen molar-refractivity contribution < 1.29 is 9.21 Å². The number of hydrogen-bond donors (Lipinski definition) is 0. The Morgan fingerprint density at radius 3 is 2.71 bits per heavy atom. The van der Waals surface area contributed by atoms with Gasteiger partial charge in [-0.05, 0) is 18.4 Å². The largest absolute Gasteiger partial charge is 0.463 e. The lowest BCUT2D eigenvalue weighted by Crippen LogP contribution is -2.37. The molecule has 0 spiro atoms. The summed E-state index contributed by atoms with van der Waals surface area (Å²) < 4.78 is 8.37. The topological polar surface area (TPSA) is 72.8 Å². The number of nitrogens with zero attached hydrogens (tertiary/aromatic N) is 4. The molecule has 28 heavy (non-hydrogen) atoms. The molecule has 7 heteroatoms. The Bertz CT molecular complexity index is 1200. The van der Waals surface area contributed by atoms with E-state index >= 15 is 0 Å². The second kappa shape index (κ2) is 6.99. The van der Waals surface area contributed by atoms with E-state index in [0.717, 1.165) is 5.52 Å². The minimum absolute atomic E-state index is 0.0965. The average Bonchev–Trinajstić information content (AvgIpc) is 3.27. The number of aromatic nitrogens is 3. The Labute approximate surface area is 161 Å². The van der Waals surface area contributed by atoms with Gasteiger partial charge in [-0.15, -0.1) is 0 Å². The zero-order valence-electron chi connectivity index (χ0n) is 16.1. The van der Waals surface area contributed by atoms with Crippen LogP contribution in [0.15, 0.2) is 57.9 Å². The number of amides is 1. The van der Waals surface area contributed by atoms with Gasteiger partial charge in [0.15, 0.2) is 5.58 Å². The van der Waals surface area contributed by atoms with Gasteiger partial charge in [-0.1, -0.05) is 37.3 Å². The molecule has 0 N–H and O–H groups in total. The lowest BCUT2D eigenvalue weighted by molar-refractivity contribution is -0.131. The highest BCUT2D eigenvalue weighted by molar-refractivity contribution is 5.82. The first kappa shape index (κ1) is 18.0. The molecule has 0 bridgehead atoms. The van der Waals surface area contributed by atoms with Gasteiger partial charge in [0.1, 0.15) is 17.9 Å². The lowest BCUT2D eigenvalue weighted by Gasteiger charge is -2.22. The summed E-state index contributed by atoms with van der Waals surface area (Å²) in [6.07, 6.45) is 1.58. The Kier molecular flexibility index (Phi) is 4.50. The van der Waals surface area contributed by atoms with Crippen molar-refractivity contribution in [3.05, 3.63) is 70.5 Å². The summed E-state index contributed by atoms with van der Waals surface area (Å²) >= 11 is 0. The maximum absolute atomic E-state index is 12.8. The fourth-order valence-electron chi connectivity index (χ4n) is 3.58. The minimum Gasteiger partial charge on any atom is -0.463 e. The van der Waals surface area contributed by atoms with Gasteiger partial charge in [-0.2, -0.15) is 5.10 Å². The molecule has 0 aliphatic heterocycles. The fraction of sp³-hybridized carbons (Fsp3) is 0.286. The van der Waals surface area contributed by atoms with Crippen molar-refractivity contribution in [3.8, 4) is 0 Å². The second-order valence-electron chi connectivity index (χ2n) is 7.13. The van der Waals surface area contributed by atoms with Crippen molar-refractivity contribution >= 4 is 22.5 Å². The van der Waals surface area contributed by atoms with Crippen molar-refractivity contribution in [1.82, 2.24) is 19.1 Å². The summed E-state index contributed by atoms with van der Waals surface area (Å²) in [7, 11) is 1.75. The molecule has 7 nitrogen and oxygen atoms in total. The van der Waals surface area contributed by atoms with Crippen LogP contribution in [-0.2, 0) is 11.3 Å². The fourth-order valence-corrected chi connectivity index (χ4v) is 3.58. The Morgan fingerprint density at radius 1 is 1.21 bits per heavy atom. The highest BCUT2D eigenvalue weighted by Gasteiger charge is 2.18. The van der Waals surface area contributed by atoms with E-state index in [2.05, 4.69) is 24.2 Å². The van der Waals surface area contributed by atoms with Crippen LogP contribution >= 0.6 is 0 Å². The maximum atomic E-state index is 12.8. The van der Waals surface area contributed by atoms with E-state index in [0.29, 0.717) is 23.5 Å². The molecule has 4 aromatic rings.